The molecule has 3 rings (SSSR count). The van der Waals surface area contributed by atoms with Crippen LogP contribution in [0.15, 0.2) is 36.4 Å². The Morgan fingerprint density at radius 1 is 1.19 bits per heavy atom. The zero-order chi connectivity index (χ0) is 15.0. The van der Waals surface area contributed by atoms with Crippen molar-refractivity contribution in [3.63, 3.8) is 0 Å². The van der Waals surface area contributed by atoms with E-state index in [1.165, 1.54) is 11.1 Å². The normalized spacial score (nSPS) is 16.6. The van der Waals surface area contributed by atoms with E-state index in [4.69, 9.17) is 28.9 Å². The number of primary amides is 1. The Morgan fingerprint density at radius 2 is 2.00 bits per heavy atom. The fourth-order valence-electron chi connectivity index (χ4n) is 2.74. The van der Waals surface area contributed by atoms with E-state index in [-0.39, 0.29) is 6.04 Å². The first-order chi connectivity index (χ1) is 10.0. The number of hydrogen-bond donors (Lipinski definition) is 2. The third-order valence-corrected chi connectivity index (χ3v) is 4.32. The first-order valence-electron chi connectivity index (χ1n) is 6.69. The SMILES string of the molecule is NC(=O)c1cc(NC2CCc3cc(Cl)ccc32)ccc1Cl. The van der Waals surface area contributed by atoms with E-state index in [1.807, 2.05) is 24.3 Å². The number of nitrogens with two attached hydrogens (primary N) is 1. The molecule has 3 nitrogen and oxygen atoms in total. The van der Waals surface area contributed by atoms with Crippen LogP contribution in [-0.2, 0) is 6.42 Å². The number of amides is 1. The van der Waals surface area contributed by atoms with Crippen LogP contribution in [0.25, 0.3) is 0 Å². The van der Waals surface area contributed by atoms with Gasteiger partial charge in [-0.1, -0.05) is 29.3 Å². The molecule has 0 radical (unpaired) electrons. The van der Waals surface area contributed by atoms with Crippen LogP contribution in [0.5, 0.6) is 0 Å². The molecular formula is C16H14Cl2N2O. The Hall–Kier alpha value is -1.71. The van der Waals surface area contributed by atoms with E-state index < -0.39 is 5.91 Å². The van der Waals surface area contributed by atoms with Gasteiger partial charge < -0.3 is 11.1 Å². The van der Waals surface area contributed by atoms with E-state index >= 15 is 0 Å². The summed E-state index contributed by atoms with van der Waals surface area (Å²) in [6.45, 7) is 0. The van der Waals surface area contributed by atoms with Crippen molar-refractivity contribution in [3.8, 4) is 0 Å². The van der Waals surface area contributed by atoms with Gasteiger partial charge in [0.15, 0.2) is 0 Å². The van der Waals surface area contributed by atoms with Gasteiger partial charge >= 0.3 is 0 Å². The number of aryl methyl sites for hydroxylation is 1. The van der Waals surface area contributed by atoms with E-state index in [2.05, 4.69) is 5.32 Å². The first kappa shape index (κ1) is 14.2. The second-order valence-corrected chi connectivity index (χ2v) is 5.98. The second kappa shape index (κ2) is 5.58. The summed E-state index contributed by atoms with van der Waals surface area (Å²) in [5.74, 6) is -0.526. The van der Waals surface area contributed by atoms with E-state index in [9.17, 15) is 4.79 Å². The summed E-state index contributed by atoms with van der Waals surface area (Å²) in [4.78, 5) is 11.3. The summed E-state index contributed by atoms with van der Waals surface area (Å²) in [6, 6.07) is 11.4. The lowest BCUT2D eigenvalue weighted by molar-refractivity contribution is 0.100. The van der Waals surface area contributed by atoms with Crippen LogP contribution in [0.2, 0.25) is 10.0 Å². The van der Waals surface area contributed by atoms with Crippen LogP contribution < -0.4 is 11.1 Å². The molecule has 0 aromatic heterocycles. The Kier molecular flexibility index (Phi) is 3.79. The molecule has 21 heavy (non-hydrogen) atoms. The van der Waals surface area contributed by atoms with E-state index in [1.54, 1.807) is 12.1 Å². The molecular weight excluding hydrogens is 307 g/mol. The van der Waals surface area contributed by atoms with Crippen molar-refractivity contribution >= 4 is 34.8 Å². The molecule has 1 unspecified atom stereocenters. The van der Waals surface area contributed by atoms with Crippen molar-refractivity contribution in [2.45, 2.75) is 18.9 Å². The molecule has 2 aromatic carbocycles. The molecule has 0 saturated heterocycles. The first-order valence-corrected chi connectivity index (χ1v) is 7.44. The minimum absolute atomic E-state index is 0.208. The number of nitrogens with one attached hydrogen (secondary N) is 1. The Labute approximate surface area is 133 Å². The van der Waals surface area contributed by atoms with Crippen LogP contribution in [-0.4, -0.2) is 5.91 Å². The Balaban J connectivity index is 1.86. The summed E-state index contributed by atoms with van der Waals surface area (Å²) < 4.78 is 0. The topological polar surface area (TPSA) is 55.1 Å². The number of carbonyl (C=O) groups excluding carboxylic acids is 1. The maximum Gasteiger partial charge on any atom is 0.250 e. The number of anilines is 1. The second-order valence-electron chi connectivity index (χ2n) is 5.14. The monoisotopic (exact) mass is 320 g/mol. The molecule has 0 bridgehead atoms. The molecule has 5 heteroatoms. The highest BCUT2D eigenvalue weighted by atomic mass is 35.5. The molecule has 1 aliphatic rings. The molecule has 0 saturated carbocycles. The average Bonchev–Trinajstić information content (AvgIpc) is 2.83. The number of hydrogen-bond acceptors (Lipinski definition) is 2. The zero-order valence-electron chi connectivity index (χ0n) is 11.2. The van der Waals surface area contributed by atoms with Gasteiger partial charge in [0.25, 0.3) is 0 Å². The molecule has 1 aliphatic carbocycles. The fourth-order valence-corrected chi connectivity index (χ4v) is 3.15. The van der Waals surface area contributed by atoms with Crippen LogP contribution >= 0.6 is 23.2 Å². The molecule has 2 aromatic rings. The van der Waals surface area contributed by atoms with Crippen LogP contribution in [0.3, 0.4) is 0 Å². The third kappa shape index (κ3) is 2.85. The third-order valence-electron chi connectivity index (χ3n) is 3.76. The van der Waals surface area contributed by atoms with Crippen molar-refractivity contribution in [2.75, 3.05) is 5.32 Å². The predicted molar refractivity (Wildman–Crippen MR) is 86.1 cm³/mol. The van der Waals surface area contributed by atoms with Gasteiger partial charge in [-0.25, -0.2) is 0 Å². The van der Waals surface area contributed by atoms with Gasteiger partial charge in [-0.3, -0.25) is 4.79 Å². The highest BCUT2D eigenvalue weighted by molar-refractivity contribution is 6.33. The van der Waals surface area contributed by atoms with Crippen molar-refractivity contribution < 1.29 is 4.79 Å². The summed E-state index contributed by atoms with van der Waals surface area (Å²) in [7, 11) is 0. The van der Waals surface area contributed by atoms with Gasteiger partial charge in [0.1, 0.15) is 0 Å². The summed E-state index contributed by atoms with van der Waals surface area (Å²) in [6.07, 6.45) is 1.98. The van der Waals surface area contributed by atoms with Gasteiger partial charge in [-0.15, -0.1) is 0 Å². The number of fused-ring (bicyclic) bond motifs is 1. The lowest BCUT2D eigenvalue weighted by Gasteiger charge is -2.16. The minimum atomic E-state index is -0.526. The van der Waals surface area contributed by atoms with Crippen molar-refractivity contribution in [1.29, 1.82) is 0 Å². The fraction of sp³-hybridized carbons (Fsp3) is 0.188. The quantitative estimate of drug-likeness (QED) is 0.890. The summed E-state index contributed by atoms with van der Waals surface area (Å²) in [5.41, 5.74) is 9.00. The van der Waals surface area contributed by atoms with Crippen molar-refractivity contribution in [3.05, 3.63) is 63.1 Å². The Morgan fingerprint density at radius 3 is 2.76 bits per heavy atom. The molecule has 0 spiro atoms. The van der Waals surface area contributed by atoms with Gasteiger partial charge in [0.05, 0.1) is 16.6 Å². The molecule has 3 N–H and O–H groups in total. The van der Waals surface area contributed by atoms with Gasteiger partial charge in [-0.2, -0.15) is 0 Å². The van der Waals surface area contributed by atoms with Crippen LogP contribution in [0.1, 0.15) is 33.9 Å². The molecule has 0 aliphatic heterocycles. The number of halogens is 2. The predicted octanol–water partition coefficient (Wildman–Crippen LogP) is 4.19. The molecule has 0 heterocycles. The molecule has 1 atom stereocenters. The minimum Gasteiger partial charge on any atom is -0.378 e. The highest BCUT2D eigenvalue weighted by Gasteiger charge is 2.22. The van der Waals surface area contributed by atoms with Crippen LogP contribution in [0.4, 0.5) is 5.69 Å². The Bertz CT molecular complexity index is 715. The lowest BCUT2D eigenvalue weighted by atomic mass is 10.1. The standard InChI is InChI=1S/C16H14Cl2N2O/c17-10-2-4-12-9(7-10)1-6-15(12)20-11-3-5-14(18)13(8-11)16(19)21/h2-5,7-8,15,20H,1,6H2,(H2,19,21). The summed E-state index contributed by atoms with van der Waals surface area (Å²) in [5, 5.41) is 4.56. The number of benzene rings is 2. The van der Waals surface area contributed by atoms with Crippen molar-refractivity contribution in [2.24, 2.45) is 5.73 Å². The number of carbonyl (C=O) groups is 1. The lowest BCUT2D eigenvalue weighted by Crippen LogP contribution is -2.13. The molecule has 0 fully saturated rings. The molecule has 108 valence electrons. The van der Waals surface area contributed by atoms with Crippen molar-refractivity contribution in [1.82, 2.24) is 0 Å². The van der Waals surface area contributed by atoms with Gasteiger partial charge in [0, 0.05) is 10.7 Å². The maximum atomic E-state index is 11.3. The zero-order valence-corrected chi connectivity index (χ0v) is 12.7. The van der Waals surface area contributed by atoms with Crippen LogP contribution in [0, 0.1) is 0 Å². The van der Waals surface area contributed by atoms with Gasteiger partial charge in [0.2, 0.25) is 5.91 Å². The highest BCUT2D eigenvalue weighted by Crippen LogP contribution is 2.35. The van der Waals surface area contributed by atoms with E-state index in [0.29, 0.717) is 10.6 Å². The summed E-state index contributed by atoms with van der Waals surface area (Å²) >= 11 is 12.0. The average molecular weight is 321 g/mol. The molecule has 1 amide bonds. The van der Waals surface area contributed by atoms with E-state index in [0.717, 1.165) is 23.6 Å². The smallest absolute Gasteiger partial charge is 0.250 e. The number of rotatable bonds is 3. The van der Waals surface area contributed by atoms with Gasteiger partial charge in [-0.05, 0) is 54.3 Å². The maximum absolute atomic E-state index is 11.3. The largest absolute Gasteiger partial charge is 0.378 e.